The SMILES string of the molecule is C[C@@H](O)[C@H]1C(=O)N2C(C(=O)OCOC(=O)C(C)(C)C)=C(c3ccc(N4CCOCC4)cc3)C[C@H]12. The molecule has 0 aromatic heterocycles. The Morgan fingerprint density at radius 3 is 2.38 bits per heavy atom. The number of nitrogens with zero attached hydrogens (tertiary/aromatic N) is 2. The molecule has 0 radical (unpaired) electrons. The van der Waals surface area contributed by atoms with E-state index in [4.69, 9.17) is 14.2 Å². The van der Waals surface area contributed by atoms with Crippen LogP contribution in [-0.4, -0.2) is 73.1 Å². The quantitative estimate of drug-likeness (QED) is 0.380. The summed E-state index contributed by atoms with van der Waals surface area (Å²) in [6.45, 7) is 9.15. The van der Waals surface area contributed by atoms with E-state index in [1.54, 1.807) is 27.7 Å². The fourth-order valence-corrected chi connectivity index (χ4v) is 4.63. The molecule has 2 saturated heterocycles. The lowest BCUT2D eigenvalue weighted by molar-refractivity contribution is -0.175. The van der Waals surface area contributed by atoms with Crippen LogP contribution in [0.2, 0.25) is 0 Å². The van der Waals surface area contributed by atoms with Crippen LogP contribution >= 0.6 is 0 Å². The number of ether oxygens (including phenoxy) is 3. The van der Waals surface area contributed by atoms with E-state index in [1.165, 1.54) is 4.90 Å². The highest BCUT2D eigenvalue weighted by atomic mass is 16.7. The van der Waals surface area contributed by atoms with Crippen LogP contribution in [0.25, 0.3) is 5.57 Å². The number of benzene rings is 1. The van der Waals surface area contributed by atoms with Crippen LogP contribution in [0.15, 0.2) is 30.0 Å². The first-order chi connectivity index (χ1) is 16.1. The molecule has 0 unspecified atom stereocenters. The molecule has 4 rings (SSSR count). The summed E-state index contributed by atoms with van der Waals surface area (Å²) in [6, 6.07) is 7.54. The summed E-state index contributed by atoms with van der Waals surface area (Å²) in [6.07, 6.45) is -0.383. The van der Waals surface area contributed by atoms with Crippen molar-refractivity contribution in [2.24, 2.45) is 11.3 Å². The number of aliphatic hydroxyl groups excluding tert-OH is 1. The Balaban J connectivity index is 1.56. The van der Waals surface area contributed by atoms with Crippen LogP contribution in [0.3, 0.4) is 0 Å². The maximum absolute atomic E-state index is 13.0. The lowest BCUT2D eigenvalue weighted by Gasteiger charge is -2.44. The van der Waals surface area contributed by atoms with Gasteiger partial charge in [0.25, 0.3) is 0 Å². The Kier molecular flexibility index (Phi) is 6.69. The predicted octanol–water partition coefficient (Wildman–Crippen LogP) is 1.94. The highest BCUT2D eigenvalue weighted by Crippen LogP contribution is 2.47. The number of aliphatic hydroxyl groups is 1. The number of β-lactam (4-membered cyclic amide) rings is 1. The van der Waals surface area contributed by atoms with Crippen molar-refractivity contribution in [1.82, 2.24) is 4.90 Å². The topological polar surface area (TPSA) is 106 Å². The second kappa shape index (κ2) is 9.38. The van der Waals surface area contributed by atoms with Gasteiger partial charge in [-0.1, -0.05) is 12.1 Å². The van der Waals surface area contributed by atoms with Gasteiger partial charge in [0.1, 0.15) is 5.70 Å². The third-order valence-electron chi connectivity index (χ3n) is 6.51. The molecule has 3 aliphatic rings. The van der Waals surface area contributed by atoms with E-state index in [2.05, 4.69) is 4.90 Å². The zero-order valence-electron chi connectivity index (χ0n) is 20.1. The second-order valence-corrected chi connectivity index (χ2v) is 9.95. The minimum atomic E-state index is -0.818. The Labute approximate surface area is 199 Å². The van der Waals surface area contributed by atoms with Gasteiger partial charge in [-0.2, -0.15) is 0 Å². The molecule has 0 aliphatic carbocycles. The summed E-state index contributed by atoms with van der Waals surface area (Å²) in [4.78, 5) is 41.4. The third-order valence-corrected chi connectivity index (χ3v) is 6.51. The highest BCUT2D eigenvalue weighted by Gasteiger charge is 2.57. The Morgan fingerprint density at radius 2 is 1.79 bits per heavy atom. The number of hydrogen-bond donors (Lipinski definition) is 1. The van der Waals surface area contributed by atoms with Gasteiger partial charge in [-0.3, -0.25) is 9.59 Å². The Hall–Kier alpha value is -2.91. The molecule has 184 valence electrons. The molecule has 0 saturated carbocycles. The molecule has 3 heterocycles. The van der Waals surface area contributed by atoms with Crippen LogP contribution in [0.4, 0.5) is 5.69 Å². The number of rotatable bonds is 6. The lowest BCUT2D eigenvalue weighted by Crippen LogP contribution is -2.61. The normalized spacial score (nSPS) is 23.4. The van der Waals surface area contributed by atoms with Gasteiger partial charge >= 0.3 is 11.9 Å². The van der Waals surface area contributed by atoms with E-state index in [9.17, 15) is 19.5 Å². The molecule has 3 atom stereocenters. The van der Waals surface area contributed by atoms with Gasteiger partial charge in [0.15, 0.2) is 0 Å². The number of morpholine rings is 1. The number of anilines is 1. The van der Waals surface area contributed by atoms with E-state index in [-0.39, 0.29) is 17.6 Å². The molecular weight excluding hydrogens is 440 g/mol. The van der Waals surface area contributed by atoms with Crippen molar-refractivity contribution in [1.29, 1.82) is 0 Å². The molecule has 1 aromatic rings. The summed E-state index contributed by atoms with van der Waals surface area (Å²) in [5.41, 5.74) is 1.97. The molecule has 9 heteroatoms. The van der Waals surface area contributed by atoms with Gasteiger partial charge in [-0.15, -0.1) is 0 Å². The maximum Gasteiger partial charge on any atom is 0.358 e. The van der Waals surface area contributed by atoms with E-state index in [0.717, 1.165) is 24.3 Å². The molecule has 1 aromatic carbocycles. The van der Waals surface area contributed by atoms with Gasteiger partial charge < -0.3 is 29.1 Å². The van der Waals surface area contributed by atoms with E-state index in [1.807, 2.05) is 24.3 Å². The van der Waals surface area contributed by atoms with Crippen LogP contribution < -0.4 is 4.90 Å². The lowest BCUT2D eigenvalue weighted by atomic mass is 9.82. The first-order valence-corrected chi connectivity index (χ1v) is 11.6. The molecule has 1 N–H and O–H groups in total. The number of esters is 2. The summed E-state index contributed by atoms with van der Waals surface area (Å²) in [7, 11) is 0. The number of carbonyl (C=O) groups excluding carboxylic acids is 3. The minimum Gasteiger partial charge on any atom is -0.427 e. The zero-order valence-corrected chi connectivity index (χ0v) is 20.1. The number of fused-ring (bicyclic) bond motifs is 1. The van der Waals surface area contributed by atoms with Crippen molar-refractivity contribution in [3.63, 3.8) is 0 Å². The van der Waals surface area contributed by atoms with Crippen LogP contribution in [0, 0.1) is 11.3 Å². The van der Waals surface area contributed by atoms with Crippen molar-refractivity contribution < 1.29 is 33.7 Å². The molecular formula is C25H32N2O7. The van der Waals surface area contributed by atoms with Gasteiger partial charge in [0.2, 0.25) is 12.7 Å². The first-order valence-electron chi connectivity index (χ1n) is 11.6. The first kappa shape index (κ1) is 24.2. The number of hydrogen-bond acceptors (Lipinski definition) is 8. The summed E-state index contributed by atoms with van der Waals surface area (Å²) >= 11 is 0. The summed E-state index contributed by atoms with van der Waals surface area (Å²) in [5.74, 6) is -2.09. The predicted molar refractivity (Wildman–Crippen MR) is 123 cm³/mol. The molecule has 2 fully saturated rings. The molecule has 0 bridgehead atoms. The van der Waals surface area contributed by atoms with Gasteiger partial charge in [0, 0.05) is 18.8 Å². The second-order valence-electron chi connectivity index (χ2n) is 9.95. The van der Waals surface area contributed by atoms with Crippen molar-refractivity contribution in [3.8, 4) is 0 Å². The van der Waals surface area contributed by atoms with E-state index < -0.39 is 36.2 Å². The van der Waals surface area contributed by atoms with Crippen LogP contribution in [0.1, 0.15) is 39.7 Å². The fraction of sp³-hybridized carbons (Fsp3) is 0.560. The van der Waals surface area contributed by atoms with Crippen molar-refractivity contribution >= 4 is 29.1 Å². The van der Waals surface area contributed by atoms with Crippen molar-refractivity contribution in [2.45, 2.75) is 46.3 Å². The highest BCUT2D eigenvalue weighted by molar-refractivity contribution is 6.06. The third kappa shape index (κ3) is 4.54. The van der Waals surface area contributed by atoms with E-state index in [0.29, 0.717) is 25.2 Å². The Morgan fingerprint density at radius 1 is 1.15 bits per heavy atom. The van der Waals surface area contributed by atoms with Gasteiger partial charge in [0.05, 0.1) is 36.7 Å². The van der Waals surface area contributed by atoms with Crippen molar-refractivity contribution in [3.05, 3.63) is 35.5 Å². The largest absolute Gasteiger partial charge is 0.427 e. The molecule has 9 nitrogen and oxygen atoms in total. The molecule has 0 spiro atoms. The maximum atomic E-state index is 13.0. The molecule has 34 heavy (non-hydrogen) atoms. The van der Waals surface area contributed by atoms with Crippen LogP contribution in [-0.2, 0) is 28.6 Å². The minimum absolute atomic E-state index is 0.151. The Bertz CT molecular complexity index is 988. The fourth-order valence-electron chi connectivity index (χ4n) is 4.63. The molecule has 3 aliphatic heterocycles. The zero-order chi connectivity index (χ0) is 24.6. The monoisotopic (exact) mass is 472 g/mol. The van der Waals surface area contributed by atoms with Crippen molar-refractivity contribution in [2.75, 3.05) is 38.0 Å². The smallest absolute Gasteiger partial charge is 0.358 e. The van der Waals surface area contributed by atoms with Gasteiger partial charge in [-0.25, -0.2) is 4.79 Å². The summed E-state index contributed by atoms with van der Waals surface area (Å²) < 4.78 is 15.7. The van der Waals surface area contributed by atoms with E-state index >= 15 is 0 Å². The summed E-state index contributed by atoms with van der Waals surface area (Å²) in [5, 5.41) is 10.1. The van der Waals surface area contributed by atoms with Gasteiger partial charge in [-0.05, 0) is 57.4 Å². The standard InChI is InChI=1S/C25H32N2O7/c1-15(28)20-19-13-18(16-5-7-17(8-6-16)26-9-11-32-12-10-26)21(27(19)22(20)29)23(30)33-14-34-24(31)25(2,3)4/h5-8,15,19-20,28H,9-14H2,1-4H3/t15-,19-,20-/m1/s1. The average molecular weight is 473 g/mol. The number of amides is 1. The van der Waals surface area contributed by atoms with Crippen LogP contribution in [0.5, 0.6) is 0 Å². The average Bonchev–Trinajstić information content (AvgIpc) is 3.13. The number of carbonyl (C=O) groups is 3. The molecule has 1 amide bonds.